The van der Waals surface area contributed by atoms with Crippen LogP contribution >= 0.6 is 11.5 Å². The number of hydrogen-bond acceptors (Lipinski definition) is 4. The van der Waals surface area contributed by atoms with Gasteiger partial charge in [0.15, 0.2) is 0 Å². The maximum Gasteiger partial charge on any atom is 0.268 e. The molecule has 92 valence electrons. The molecule has 1 aromatic carbocycles. The molecule has 0 saturated heterocycles. The highest BCUT2D eigenvalue weighted by molar-refractivity contribution is 7.13. The smallest absolute Gasteiger partial charge is 0.268 e. The molecule has 0 saturated carbocycles. The van der Waals surface area contributed by atoms with E-state index in [2.05, 4.69) is 5.10 Å². The summed E-state index contributed by atoms with van der Waals surface area (Å²) in [7, 11) is 0. The van der Waals surface area contributed by atoms with E-state index in [9.17, 15) is 4.79 Å². The van der Waals surface area contributed by atoms with Crippen LogP contribution in [0.3, 0.4) is 0 Å². The van der Waals surface area contributed by atoms with Crippen LogP contribution in [0.25, 0.3) is 10.1 Å². The van der Waals surface area contributed by atoms with E-state index in [4.69, 9.17) is 5.73 Å². The Kier molecular flexibility index (Phi) is 2.64. The third-order valence-electron chi connectivity index (χ3n) is 2.74. The molecule has 0 amide bonds. The van der Waals surface area contributed by atoms with Crippen molar-refractivity contribution in [3.8, 4) is 0 Å². The van der Waals surface area contributed by atoms with E-state index in [0.717, 1.165) is 10.1 Å². The van der Waals surface area contributed by atoms with Crippen molar-refractivity contribution in [2.75, 3.05) is 5.73 Å². The van der Waals surface area contributed by atoms with Crippen molar-refractivity contribution >= 4 is 27.3 Å². The molecular weight excluding hydrogens is 248 g/mol. The van der Waals surface area contributed by atoms with E-state index in [-0.39, 0.29) is 5.56 Å². The molecule has 0 atom stereocenters. The predicted molar refractivity (Wildman–Crippen MR) is 72.7 cm³/mol. The summed E-state index contributed by atoms with van der Waals surface area (Å²) >= 11 is 1.48. The van der Waals surface area contributed by atoms with Gasteiger partial charge in [0.05, 0.1) is 35.1 Å². The molecule has 6 heteroatoms. The molecule has 2 N–H and O–H groups in total. The molecule has 18 heavy (non-hydrogen) atoms. The van der Waals surface area contributed by atoms with Gasteiger partial charge in [0.25, 0.3) is 5.56 Å². The summed E-state index contributed by atoms with van der Waals surface area (Å²) in [6.07, 6.45) is 3.37. The van der Waals surface area contributed by atoms with E-state index in [1.54, 1.807) is 21.0 Å². The SMILES string of the molecule is Nc1cnn(CCn2sc3ccccc3c2=O)c1. The average molecular weight is 260 g/mol. The maximum atomic E-state index is 12.1. The summed E-state index contributed by atoms with van der Waals surface area (Å²) in [5.74, 6) is 0. The molecule has 0 fully saturated rings. The average Bonchev–Trinajstić information content (AvgIpc) is 2.92. The van der Waals surface area contributed by atoms with Gasteiger partial charge in [-0.25, -0.2) is 0 Å². The Morgan fingerprint density at radius 1 is 1.28 bits per heavy atom. The number of fused-ring (bicyclic) bond motifs is 1. The lowest BCUT2D eigenvalue weighted by Crippen LogP contribution is -2.16. The molecule has 2 heterocycles. The highest BCUT2D eigenvalue weighted by atomic mass is 32.1. The van der Waals surface area contributed by atoms with Crippen molar-refractivity contribution in [1.29, 1.82) is 0 Å². The number of nitrogen functional groups attached to an aromatic ring is 1. The van der Waals surface area contributed by atoms with E-state index in [1.807, 2.05) is 24.3 Å². The normalized spacial score (nSPS) is 11.1. The van der Waals surface area contributed by atoms with E-state index in [0.29, 0.717) is 18.8 Å². The Labute approximate surface area is 107 Å². The van der Waals surface area contributed by atoms with Crippen molar-refractivity contribution < 1.29 is 0 Å². The number of aromatic nitrogens is 3. The standard InChI is InChI=1S/C12H12N4OS/c13-9-7-14-15(8-9)5-6-16-12(17)10-3-1-2-4-11(10)18-16/h1-4,7-8H,5-6,13H2. The monoisotopic (exact) mass is 260 g/mol. The molecular formula is C12H12N4OS. The number of nitrogens with two attached hydrogens (primary N) is 1. The fourth-order valence-electron chi connectivity index (χ4n) is 1.86. The van der Waals surface area contributed by atoms with Crippen LogP contribution in [0.2, 0.25) is 0 Å². The summed E-state index contributed by atoms with van der Waals surface area (Å²) < 4.78 is 4.51. The molecule has 0 bridgehead atoms. The number of aryl methyl sites for hydroxylation is 2. The summed E-state index contributed by atoms with van der Waals surface area (Å²) in [5.41, 5.74) is 6.29. The van der Waals surface area contributed by atoms with Crippen LogP contribution < -0.4 is 11.3 Å². The molecule has 5 nitrogen and oxygen atoms in total. The lowest BCUT2D eigenvalue weighted by atomic mass is 10.3. The van der Waals surface area contributed by atoms with Crippen LogP contribution in [-0.2, 0) is 13.1 Å². The van der Waals surface area contributed by atoms with Crippen LogP contribution in [0.1, 0.15) is 0 Å². The maximum absolute atomic E-state index is 12.1. The lowest BCUT2D eigenvalue weighted by molar-refractivity contribution is 0.548. The van der Waals surface area contributed by atoms with Crippen LogP contribution in [0, 0.1) is 0 Å². The van der Waals surface area contributed by atoms with Gasteiger partial charge in [0, 0.05) is 6.20 Å². The second kappa shape index (κ2) is 4.30. The highest BCUT2D eigenvalue weighted by Crippen LogP contribution is 2.15. The van der Waals surface area contributed by atoms with Gasteiger partial charge in [-0.05, 0) is 12.1 Å². The number of benzene rings is 1. The van der Waals surface area contributed by atoms with Gasteiger partial charge >= 0.3 is 0 Å². The minimum absolute atomic E-state index is 0.0655. The first-order chi connectivity index (χ1) is 8.74. The molecule has 3 rings (SSSR count). The summed E-state index contributed by atoms with van der Waals surface area (Å²) in [6.45, 7) is 1.25. The number of rotatable bonds is 3. The summed E-state index contributed by atoms with van der Waals surface area (Å²) in [5, 5.41) is 4.88. The third kappa shape index (κ3) is 1.91. The van der Waals surface area contributed by atoms with Gasteiger partial charge in [-0.2, -0.15) is 5.10 Å². The Morgan fingerprint density at radius 2 is 2.11 bits per heavy atom. The van der Waals surface area contributed by atoms with Crippen molar-refractivity contribution in [3.05, 3.63) is 47.0 Å². The minimum atomic E-state index is 0.0655. The first kappa shape index (κ1) is 11.0. The Morgan fingerprint density at radius 3 is 2.83 bits per heavy atom. The molecule has 0 aliphatic rings. The number of anilines is 1. The molecule has 3 aromatic rings. The number of nitrogens with zero attached hydrogens (tertiary/aromatic N) is 3. The highest BCUT2D eigenvalue weighted by Gasteiger charge is 2.06. The van der Waals surface area contributed by atoms with Gasteiger partial charge < -0.3 is 5.73 Å². The van der Waals surface area contributed by atoms with E-state index >= 15 is 0 Å². The van der Waals surface area contributed by atoms with Crippen LogP contribution in [0.5, 0.6) is 0 Å². The zero-order valence-electron chi connectivity index (χ0n) is 9.61. The van der Waals surface area contributed by atoms with Crippen molar-refractivity contribution in [2.45, 2.75) is 13.1 Å². The second-order valence-electron chi connectivity index (χ2n) is 4.03. The van der Waals surface area contributed by atoms with E-state index < -0.39 is 0 Å². The second-order valence-corrected chi connectivity index (χ2v) is 5.09. The van der Waals surface area contributed by atoms with Crippen LogP contribution in [0.15, 0.2) is 41.5 Å². The lowest BCUT2D eigenvalue weighted by Gasteiger charge is -2.00. The molecule has 0 aliphatic carbocycles. The van der Waals surface area contributed by atoms with Crippen LogP contribution in [-0.4, -0.2) is 13.7 Å². The molecule has 0 unspecified atom stereocenters. The van der Waals surface area contributed by atoms with Gasteiger partial charge in [-0.3, -0.25) is 13.4 Å². The van der Waals surface area contributed by atoms with Gasteiger partial charge in [0.1, 0.15) is 0 Å². The number of hydrogen-bond donors (Lipinski definition) is 1. The van der Waals surface area contributed by atoms with Gasteiger partial charge in [-0.1, -0.05) is 23.7 Å². The summed E-state index contributed by atoms with van der Waals surface area (Å²) in [4.78, 5) is 12.1. The molecule has 0 spiro atoms. The fourth-order valence-corrected chi connectivity index (χ4v) is 2.84. The first-order valence-corrected chi connectivity index (χ1v) is 6.38. The molecule has 0 radical (unpaired) electrons. The van der Waals surface area contributed by atoms with Crippen molar-refractivity contribution in [2.24, 2.45) is 0 Å². The topological polar surface area (TPSA) is 65.8 Å². The predicted octanol–water partition coefficient (Wildman–Crippen LogP) is 1.54. The third-order valence-corrected chi connectivity index (χ3v) is 3.86. The fraction of sp³-hybridized carbons (Fsp3) is 0.167. The van der Waals surface area contributed by atoms with Crippen molar-refractivity contribution in [3.63, 3.8) is 0 Å². The Balaban J connectivity index is 1.87. The van der Waals surface area contributed by atoms with Gasteiger partial charge in [0.2, 0.25) is 0 Å². The van der Waals surface area contributed by atoms with Gasteiger partial charge in [-0.15, -0.1) is 0 Å². The largest absolute Gasteiger partial charge is 0.396 e. The Bertz CT molecular complexity index is 740. The quantitative estimate of drug-likeness (QED) is 0.777. The zero-order valence-corrected chi connectivity index (χ0v) is 10.4. The Hall–Kier alpha value is -2.08. The molecule has 2 aromatic heterocycles. The van der Waals surface area contributed by atoms with E-state index in [1.165, 1.54) is 11.5 Å². The minimum Gasteiger partial charge on any atom is -0.396 e. The first-order valence-electron chi connectivity index (χ1n) is 5.61. The summed E-state index contributed by atoms with van der Waals surface area (Å²) in [6, 6.07) is 7.65. The zero-order chi connectivity index (χ0) is 12.5. The van der Waals surface area contributed by atoms with Crippen LogP contribution in [0.4, 0.5) is 5.69 Å². The van der Waals surface area contributed by atoms with Crippen molar-refractivity contribution in [1.82, 2.24) is 13.7 Å². The molecule has 0 aliphatic heterocycles.